The summed E-state index contributed by atoms with van der Waals surface area (Å²) in [6.07, 6.45) is 4.92. The molecule has 4 heterocycles. The summed E-state index contributed by atoms with van der Waals surface area (Å²) < 4.78 is 4.95. The van der Waals surface area contributed by atoms with Crippen LogP contribution in [0, 0.1) is 0 Å². The lowest BCUT2D eigenvalue weighted by molar-refractivity contribution is 0.304. The van der Waals surface area contributed by atoms with Crippen LogP contribution >= 0.6 is 0 Å². The molecule has 44 heavy (non-hydrogen) atoms. The standard InChI is InChI=1S/C40H44N2Si2/c1-39(2,25-19-29-27-15-11-13-17-33(27)41-23-35(43(5,6)7)31(21-25)37(29)41)40(3,4)26-20-30-28-16-12-14-18-34(28)42-24-36(44(8,9)10)32(22-26)38(30)42/h11-24H,1-10H3. The maximum absolute atomic E-state index is 2.56. The molecule has 0 aliphatic rings. The van der Waals surface area contributed by atoms with Gasteiger partial charge in [0.25, 0.3) is 0 Å². The Hall–Kier alpha value is -3.61. The third-order valence-corrected chi connectivity index (χ3v) is 15.4. The van der Waals surface area contributed by atoms with E-state index >= 15 is 0 Å². The highest BCUT2D eigenvalue weighted by Gasteiger charge is 2.41. The third-order valence-electron chi connectivity index (χ3n) is 11.3. The Bertz CT molecular complexity index is 2230. The molecule has 0 fully saturated rings. The minimum Gasteiger partial charge on any atom is -0.315 e. The second kappa shape index (κ2) is 8.55. The van der Waals surface area contributed by atoms with E-state index in [0.29, 0.717) is 0 Å². The van der Waals surface area contributed by atoms with E-state index in [1.54, 1.807) is 10.4 Å². The SMILES string of the molecule is CC(C)(c1cc2c([Si](C)(C)C)cn3c4ccccc4c(c1)c23)C(C)(C)c1cc2c([Si](C)(C)C)cn3c4ccccc4c(c1)c23. The molecule has 0 N–H and O–H groups in total. The summed E-state index contributed by atoms with van der Waals surface area (Å²) >= 11 is 0. The smallest absolute Gasteiger partial charge is 0.0804 e. The van der Waals surface area contributed by atoms with Crippen LogP contribution in [0.5, 0.6) is 0 Å². The molecule has 4 heteroatoms. The number of fused-ring (bicyclic) bond motifs is 6. The van der Waals surface area contributed by atoms with E-state index in [-0.39, 0.29) is 10.8 Å². The van der Waals surface area contributed by atoms with Gasteiger partial charge in [0.1, 0.15) is 0 Å². The first-order chi connectivity index (χ1) is 20.6. The van der Waals surface area contributed by atoms with Crippen LogP contribution in [0.2, 0.25) is 39.3 Å². The van der Waals surface area contributed by atoms with E-state index in [1.165, 1.54) is 65.5 Å². The molecule has 0 spiro atoms. The molecule has 4 aromatic carbocycles. The van der Waals surface area contributed by atoms with Crippen LogP contribution in [-0.4, -0.2) is 24.9 Å². The average Bonchev–Trinajstić information content (AvgIpc) is 3.71. The van der Waals surface area contributed by atoms with Crippen molar-refractivity contribution in [3.05, 3.63) is 96.3 Å². The van der Waals surface area contributed by atoms with Crippen LogP contribution in [0.4, 0.5) is 0 Å². The quantitative estimate of drug-likeness (QED) is 0.172. The molecule has 222 valence electrons. The molecule has 8 rings (SSSR count). The lowest BCUT2D eigenvalue weighted by Crippen LogP contribution is -2.41. The van der Waals surface area contributed by atoms with Gasteiger partial charge < -0.3 is 8.80 Å². The molecule has 0 atom stereocenters. The molecule has 0 aliphatic heterocycles. The van der Waals surface area contributed by atoms with Crippen molar-refractivity contribution in [3.63, 3.8) is 0 Å². The zero-order chi connectivity index (χ0) is 31.1. The molecule has 0 radical (unpaired) electrons. The highest BCUT2D eigenvalue weighted by Crippen LogP contribution is 2.48. The fraction of sp³-hybridized carbons (Fsp3) is 0.300. The number of rotatable bonds is 5. The van der Waals surface area contributed by atoms with Gasteiger partial charge in [0, 0.05) is 44.7 Å². The van der Waals surface area contributed by atoms with Crippen LogP contribution < -0.4 is 10.4 Å². The monoisotopic (exact) mass is 608 g/mol. The van der Waals surface area contributed by atoms with Crippen LogP contribution in [-0.2, 0) is 10.8 Å². The number of benzene rings is 4. The molecular weight excluding hydrogens is 565 g/mol. The Morgan fingerprint density at radius 3 is 1.16 bits per heavy atom. The fourth-order valence-corrected chi connectivity index (χ4v) is 11.0. The first kappa shape index (κ1) is 27.9. The van der Waals surface area contributed by atoms with E-state index in [4.69, 9.17) is 0 Å². The van der Waals surface area contributed by atoms with Gasteiger partial charge in [-0.1, -0.05) is 103 Å². The molecule has 0 saturated carbocycles. The predicted octanol–water partition coefficient (Wildman–Crippen LogP) is 10.0. The van der Waals surface area contributed by atoms with Crippen LogP contribution in [0.1, 0.15) is 38.8 Å². The Balaban J connectivity index is 1.41. The van der Waals surface area contributed by atoms with Crippen LogP contribution in [0.25, 0.3) is 54.4 Å². The van der Waals surface area contributed by atoms with E-state index in [9.17, 15) is 0 Å². The second-order valence-corrected chi connectivity index (χ2v) is 26.5. The number of aromatic nitrogens is 2. The van der Waals surface area contributed by atoms with Crippen molar-refractivity contribution < 1.29 is 0 Å². The van der Waals surface area contributed by atoms with Gasteiger partial charge in [-0.25, -0.2) is 0 Å². The Morgan fingerprint density at radius 1 is 0.455 bits per heavy atom. The summed E-state index contributed by atoms with van der Waals surface area (Å²) in [4.78, 5) is 0. The van der Waals surface area contributed by atoms with Gasteiger partial charge in [-0.2, -0.15) is 0 Å². The van der Waals surface area contributed by atoms with Crippen LogP contribution in [0.3, 0.4) is 0 Å². The molecule has 8 aromatic rings. The summed E-state index contributed by atoms with van der Waals surface area (Å²) in [6.45, 7) is 24.8. The molecule has 0 saturated heterocycles. The van der Waals surface area contributed by atoms with Gasteiger partial charge in [0.2, 0.25) is 0 Å². The van der Waals surface area contributed by atoms with Crippen molar-refractivity contribution in [2.75, 3.05) is 0 Å². The topological polar surface area (TPSA) is 8.82 Å². The minimum atomic E-state index is -1.59. The second-order valence-electron chi connectivity index (χ2n) is 16.4. The highest BCUT2D eigenvalue weighted by atomic mass is 28.3. The average molecular weight is 609 g/mol. The summed E-state index contributed by atoms with van der Waals surface area (Å²) in [6, 6.07) is 28.1. The number of para-hydroxylation sites is 2. The molecule has 4 aromatic heterocycles. The third kappa shape index (κ3) is 3.53. The van der Waals surface area contributed by atoms with Crippen molar-refractivity contribution in [2.45, 2.75) is 77.8 Å². The summed E-state index contributed by atoms with van der Waals surface area (Å²) in [5.41, 5.74) is 8.03. The van der Waals surface area contributed by atoms with Gasteiger partial charge >= 0.3 is 0 Å². The number of hydrogen-bond donors (Lipinski definition) is 0. The maximum atomic E-state index is 2.56. The van der Waals surface area contributed by atoms with Crippen molar-refractivity contribution in [1.29, 1.82) is 0 Å². The molecule has 0 unspecified atom stereocenters. The molecule has 0 amide bonds. The summed E-state index contributed by atoms with van der Waals surface area (Å²) in [7, 11) is -3.17. The maximum Gasteiger partial charge on any atom is 0.0804 e. The normalized spacial score (nSPS) is 14.1. The van der Waals surface area contributed by atoms with Gasteiger partial charge in [-0.05, 0) is 68.7 Å². The van der Waals surface area contributed by atoms with Gasteiger partial charge in [0.05, 0.1) is 38.2 Å². The van der Waals surface area contributed by atoms with Crippen molar-refractivity contribution in [3.8, 4) is 0 Å². The van der Waals surface area contributed by atoms with Crippen molar-refractivity contribution in [1.82, 2.24) is 8.80 Å². The molecule has 2 nitrogen and oxygen atoms in total. The lowest BCUT2D eigenvalue weighted by atomic mass is 9.60. The number of hydrogen-bond acceptors (Lipinski definition) is 0. The lowest BCUT2D eigenvalue weighted by Gasteiger charge is -2.43. The van der Waals surface area contributed by atoms with E-state index in [1.807, 2.05) is 0 Å². The summed E-state index contributed by atoms with van der Waals surface area (Å²) in [5.74, 6) is 0. The van der Waals surface area contributed by atoms with Gasteiger partial charge in [-0.3, -0.25) is 0 Å². The fourth-order valence-electron chi connectivity index (χ4n) is 7.98. The van der Waals surface area contributed by atoms with Crippen molar-refractivity contribution >= 4 is 80.9 Å². The largest absolute Gasteiger partial charge is 0.315 e. The zero-order valence-electron chi connectivity index (χ0n) is 28.0. The van der Waals surface area contributed by atoms with E-state index in [0.717, 1.165) is 0 Å². The molecular formula is C40H44N2Si2. The highest BCUT2D eigenvalue weighted by molar-refractivity contribution is 6.91. The van der Waals surface area contributed by atoms with Crippen LogP contribution in [0.15, 0.2) is 85.2 Å². The molecule has 0 bridgehead atoms. The first-order valence-corrected chi connectivity index (χ1v) is 23.2. The Labute approximate surface area is 263 Å². The zero-order valence-corrected chi connectivity index (χ0v) is 30.0. The molecule has 0 aliphatic carbocycles. The first-order valence-electron chi connectivity index (χ1n) is 16.2. The van der Waals surface area contributed by atoms with E-state index < -0.39 is 16.1 Å². The van der Waals surface area contributed by atoms with Crippen molar-refractivity contribution in [2.24, 2.45) is 0 Å². The Kier molecular flexibility index (Phi) is 5.43. The summed E-state index contributed by atoms with van der Waals surface area (Å²) in [5, 5.41) is 11.5. The van der Waals surface area contributed by atoms with Gasteiger partial charge in [-0.15, -0.1) is 0 Å². The number of nitrogens with zero attached hydrogens (tertiary/aromatic N) is 2. The minimum absolute atomic E-state index is 0.131. The Morgan fingerprint density at radius 2 is 0.795 bits per heavy atom. The van der Waals surface area contributed by atoms with Gasteiger partial charge in [0.15, 0.2) is 0 Å². The van der Waals surface area contributed by atoms with E-state index in [2.05, 4.69) is 161 Å². The predicted molar refractivity (Wildman–Crippen MR) is 199 cm³/mol.